The monoisotopic (exact) mass is 298 g/mol. The van der Waals surface area contributed by atoms with Crippen LogP contribution in [0.2, 0.25) is 0 Å². The third-order valence-corrected chi connectivity index (χ3v) is 3.66. The molecule has 0 aliphatic heterocycles. The Morgan fingerprint density at radius 3 is 2.88 bits per heavy atom. The molecule has 0 aliphatic carbocycles. The Balaban J connectivity index is 2.09. The third-order valence-electron chi connectivity index (χ3n) is 2.04. The average Bonchev–Trinajstić information content (AvgIpc) is 2.81. The molecule has 0 saturated carbocycles. The second kappa shape index (κ2) is 5.27. The fourth-order valence-corrected chi connectivity index (χ4v) is 2.44. The first kappa shape index (κ1) is 11.3. The summed E-state index contributed by atoms with van der Waals surface area (Å²) in [6.07, 6.45) is 1.54. The fourth-order valence-electron chi connectivity index (χ4n) is 1.25. The predicted octanol–water partition coefficient (Wildman–Crippen LogP) is 2.95. The van der Waals surface area contributed by atoms with Crippen LogP contribution >= 0.6 is 27.3 Å². The van der Waals surface area contributed by atoms with Crippen LogP contribution in [-0.2, 0) is 6.54 Å². The minimum atomic E-state index is 0.774. The second-order valence-corrected chi connectivity index (χ2v) is 4.89. The Morgan fingerprint density at radius 1 is 1.38 bits per heavy atom. The van der Waals surface area contributed by atoms with Gasteiger partial charge < -0.3 is 10.6 Å². The van der Waals surface area contributed by atoms with Crippen molar-refractivity contribution < 1.29 is 0 Å². The van der Waals surface area contributed by atoms with Gasteiger partial charge in [-0.05, 0) is 27.4 Å². The summed E-state index contributed by atoms with van der Waals surface area (Å²) in [6, 6.07) is 4.13. The molecular formula is C10H11BrN4S. The van der Waals surface area contributed by atoms with Gasteiger partial charge in [0.15, 0.2) is 0 Å². The Morgan fingerprint density at radius 2 is 2.19 bits per heavy atom. The van der Waals surface area contributed by atoms with Crippen molar-refractivity contribution >= 4 is 38.9 Å². The van der Waals surface area contributed by atoms with Crippen molar-refractivity contribution in [2.75, 3.05) is 17.7 Å². The van der Waals surface area contributed by atoms with Gasteiger partial charge in [0, 0.05) is 11.9 Å². The summed E-state index contributed by atoms with van der Waals surface area (Å²) in [4.78, 5) is 9.55. The van der Waals surface area contributed by atoms with Gasteiger partial charge in [0.1, 0.15) is 22.4 Å². The van der Waals surface area contributed by atoms with Crippen LogP contribution in [0.4, 0.5) is 11.6 Å². The normalized spacial score (nSPS) is 10.1. The summed E-state index contributed by atoms with van der Waals surface area (Å²) in [5.41, 5.74) is 0. The van der Waals surface area contributed by atoms with E-state index in [-0.39, 0.29) is 0 Å². The van der Waals surface area contributed by atoms with Crippen LogP contribution < -0.4 is 10.6 Å². The molecule has 2 heterocycles. The van der Waals surface area contributed by atoms with E-state index < -0.39 is 0 Å². The lowest BCUT2D eigenvalue weighted by molar-refractivity contribution is 1.08. The van der Waals surface area contributed by atoms with E-state index in [1.165, 1.54) is 11.2 Å². The standard InChI is InChI=1S/C10H11BrN4S/c1-12-9-8(11)10(15-6-14-9)13-5-7-3-2-4-16-7/h2-4,6H,5H2,1H3,(H2,12,13,14,15). The molecule has 0 unspecified atom stereocenters. The Labute approximate surface area is 106 Å². The van der Waals surface area contributed by atoms with E-state index in [4.69, 9.17) is 0 Å². The zero-order valence-electron chi connectivity index (χ0n) is 8.70. The maximum absolute atomic E-state index is 4.18. The molecule has 16 heavy (non-hydrogen) atoms. The molecule has 0 fully saturated rings. The summed E-state index contributed by atoms with van der Waals surface area (Å²) >= 11 is 5.18. The molecule has 0 aromatic carbocycles. The van der Waals surface area contributed by atoms with E-state index in [1.54, 1.807) is 11.3 Å². The van der Waals surface area contributed by atoms with Gasteiger partial charge >= 0.3 is 0 Å². The molecule has 0 amide bonds. The molecule has 0 aliphatic rings. The van der Waals surface area contributed by atoms with E-state index in [0.717, 1.165) is 22.7 Å². The van der Waals surface area contributed by atoms with Crippen LogP contribution in [0.25, 0.3) is 0 Å². The Bertz CT molecular complexity index is 458. The highest BCUT2D eigenvalue weighted by atomic mass is 79.9. The number of anilines is 2. The van der Waals surface area contributed by atoms with Crippen LogP contribution in [0.15, 0.2) is 28.3 Å². The lowest BCUT2D eigenvalue weighted by Gasteiger charge is -2.08. The van der Waals surface area contributed by atoms with Gasteiger partial charge in [-0.2, -0.15) is 0 Å². The van der Waals surface area contributed by atoms with Crippen LogP contribution in [0, 0.1) is 0 Å². The van der Waals surface area contributed by atoms with E-state index in [0.29, 0.717) is 0 Å². The number of nitrogens with one attached hydrogen (secondary N) is 2. The average molecular weight is 299 g/mol. The summed E-state index contributed by atoms with van der Waals surface area (Å²) in [7, 11) is 1.83. The predicted molar refractivity (Wildman–Crippen MR) is 70.9 cm³/mol. The third kappa shape index (κ3) is 2.51. The van der Waals surface area contributed by atoms with Crippen molar-refractivity contribution in [3.63, 3.8) is 0 Å². The molecular weight excluding hydrogens is 288 g/mol. The first-order chi connectivity index (χ1) is 7.81. The van der Waals surface area contributed by atoms with Gasteiger partial charge in [0.25, 0.3) is 0 Å². The van der Waals surface area contributed by atoms with E-state index in [1.807, 2.05) is 13.1 Å². The summed E-state index contributed by atoms with van der Waals surface area (Å²) < 4.78 is 0.856. The Kier molecular flexibility index (Phi) is 3.74. The quantitative estimate of drug-likeness (QED) is 0.911. The first-order valence-corrected chi connectivity index (χ1v) is 6.43. The van der Waals surface area contributed by atoms with Gasteiger partial charge in [-0.15, -0.1) is 11.3 Å². The topological polar surface area (TPSA) is 49.8 Å². The van der Waals surface area contributed by atoms with Gasteiger partial charge in [0.05, 0.1) is 6.54 Å². The number of rotatable bonds is 4. The molecule has 0 spiro atoms. The molecule has 84 valence electrons. The minimum Gasteiger partial charge on any atom is -0.372 e. The second-order valence-electron chi connectivity index (χ2n) is 3.07. The van der Waals surface area contributed by atoms with Gasteiger partial charge in [0.2, 0.25) is 0 Å². The minimum absolute atomic E-state index is 0.774. The molecule has 2 aromatic rings. The highest BCUT2D eigenvalue weighted by molar-refractivity contribution is 9.10. The van der Waals surface area contributed by atoms with Crippen molar-refractivity contribution in [2.24, 2.45) is 0 Å². The summed E-state index contributed by atoms with van der Waals surface area (Å²) in [5, 5.41) is 8.32. The number of halogens is 1. The van der Waals surface area contributed by atoms with Crippen molar-refractivity contribution in [1.29, 1.82) is 0 Å². The molecule has 6 heteroatoms. The fraction of sp³-hybridized carbons (Fsp3) is 0.200. The molecule has 0 bridgehead atoms. The molecule has 0 radical (unpaired) electrons. The maximum atomic E-state index is 4.18. The first-order valence-electron chi connectivity index (χ1n) is 4.75. The van der Waals surface area contributed by atoms with Crippen LogP contribution in [0.1, 0.15) is 4.88 Å². The molecule has 0 atom stereocenters. The lowest BCUT2D eigenvalue weighted by atomic mass is 10.4. The van der Waals surface area contributed by atoms with E-state index in [2.05, 4.69) is 48.0 Å². The van der Waals surface area contributed by atoms with Crippen LogP contribution in [0.5, 0.6) is 0 Å². The van der Waals surface area contributed by atoms with Crippen LogP contribution in [0.3, 0.4) is 0 Å². The highest BCUT2D eigenvalue weighted by Gasteiger charge is 2.06. The molecule has 4 nitrogen and oxygen atoms in total. The smallest absolute Gasteiger partial charge is 0.146 e. The number of aromatic nitrogens is 2. The zero-order valence-corrected chi connectivity index (χ0v) is 11.1. The van der Waals surface area contributed by atoms with E-state index in [9.17, 15) is 0 Å². The Hall–Kier alpha value is -1.14. The largest absolute Gasteiger partial charge is 0.372 e. The summed E-state index contributed by atoms with van der Waals surface area (Å²) in [5.74, 6) is 1.58. The molecule has 0 saturated heterocycles. The number of nitrogens with zero attached hydrogens (tertiary/aromatic N) is 2. The molecule has 2 aromatic heterocycles. The number of hydrogen-bond donors (Lipinski definition) is 2. The molecule has 2 rings (SSSR count). The SMILES string of the molecule is CNc1ncnc(NCc2cccs2)c1Br. The maximum Gasteiger partial charge on any atom is 0.146 e. The van der Waals surface area contributed by atoms with Crippen molar-refractivity contribution in [1.82, 2.24) is 9.97 Å². The number of thiophene rings is 1. The highest BCUT2D eigenvalue weighted by Crippen LogP contribution is 2.26. The number of hydrogen-bond acceptors (Lipinski definition) is 5. The van der Waals surface area contributed by atoms with Gasteiger partial charge in [-0.25, -0.2) is 9.97 Å². The van der Waals surface area contributed by atoms with E-state index >= 15 is 0 Å². The van der Waals surface area contributed by atoms with Crippen molar-refractivity contribution in [3.05, 3.63) is 33.2 Å². The van der Waals surface area contributed by atoms with Crippen molar-refractivity contribution in [3.8, 4) is 0 Å². The summed E-state index contributed by atoms with van der Waals surface area (Å²) in [6.45, 7) is 0.774. The zero-order chi connectivity index (χ0) is 11.4. The van der Waals surface area contributed by atoms with Crippen molar-refractivity contribution in [2.45, 2.75) is 6.54 Å². The van der Waals surface area contributed by atoms with Gasteiger partial charge in [-0.3, -0.25) is 0 Å². The van der Waals surface area contributed by atoms with Gasteiger partial charge in [-0.1, -0.05) is 6.07 Å². The molecule has 2 N–H and O–H groups in total. The lowest BCUT2D eigenvalue weighted by Crippen LogP contribution is -2.03. The van der Waals surface area contributed by atoms with Crippen LogP contribution in [-0.4, -0.2) is 17.0 Å².